The standard InChI is InChI=1S/C9H15NO4S/c1-3-7(11)10-6(9(13)14)5-15-8(12)4-2/h6H,3-5H2,1-2H3,(H,10,11)(H,13,14). The first-order valence-electron chi connectivity index (χ1n) is 4.69. The number of aliphatic carboxylic acids is 1. The molecule has 0 spiro atoms. The fourth-order valence-corrected chi connectivity index (χ4v) is 1.53. The van der Waals surface area contributed by atoms with E-state index < -0.39 is 12.0 Å². The summed E-state index contributed by atoms with van der Waals surface area (Å²) in [6.45, 7) is 3.34. The van der Waals surface area contributed by atoms with E-state index in [2.05, 4.69) is 5.32 Å². The Balaban J connectivity index is 4.11. The molecule has 0 aliphatic heterocycles. The van der Waals surface area contributed by atoms with Crippen LogP contribution in [0.25, 0.3) is 0 Å². The van der Waals surface area contributed by atoms with Gasteiger partial charge in [0, 0.05) is 18.6 Å². The van der Waals surface area contributed by atoms with Gasteiger partial charge in [-0.05, 0) is 0 Å². The highest BCUT2D eigenvalue weighted by atomic mass is 32.2. The van der Waals surface area contributed by atoms with E-state index in [9.17, 15) is 14.4 Å². The summed E-state index contributed by atoms with van der Waals surface area (Å²) in [5.41, 5.74) is 0. The molecular weight excluding hydrogens is 218 g/mol. The zero-order valence-corrected chi connectivity index (χ0v) is 9.60. The first-order chi connectivity index (χ1) is 7.01. The maximum atomic E-state index is 11.0. The third-order valence-electron chi connectivity index (χ3n) is 1.65. The van der Waals surface area contributed by atoms with Crippen LogP contribution in [-0.2, 0) is 14.4 Å². The molecule has 0 aromatic heterocycles. The number of carboxylic acid groups (broad SMARTS) is 1. The van der Waals surface area contributed by atoms with Crippen molar-refractivity contribution in [3.05, 3.63) is 0 Å². The number of carbonyl (C=O) groups excluding carboxylic acids is 2. The summed E-state index contributed by atoms with van der Waals surface area (Å²) in [4.78, 5) is 32.6. The summed E-state index contributed by atoms with van der Waals surface area (Å²) in [6, 6.07) is -0.988. The van der Waals surface area contributed by atoms with E-state index >= 15 is 0 Å². The molecule has 1 amide bonds. The molecule has 0 aromatic carbocycles. The van der Waals surface area contributed by atoms with Gasteiger partial charge in [-0.3, -0.25) is 9.59 Å². The lowest BCUT2D eigenvalue weighted by atomic mass is 10.3. The Labute approximate surface area is 92.6 Å². The van der Waals surface area contributed by atoms with Gasteiger partial charge in [-0.25, -0.2) is 4.79 Å². The number of nitrogens with one attached hydrogen (secondary N) is 1. The molecule has 0 radical (unpaired) electrons. The number of hydrogen-bond donors (Lipinski definition) is 2. The van der Waals surface area contributed by atoms with Gasteiger partial charge in [0.2, 0.25) is 5.91 Å². The van der Waals surface area contributed by atoms with E-state index in [4.69, 9.17) is 5.11 Å². The Bertz CT molecular complexity index is 254. The highest BCUT2D eigenvalue weighted by molar-refractivity contribution is 8.13. The zero-order chi connectivity index (χ0) is 11.8. The van der Waals surface area contributed by atoms with Crippen molar-refractivity contribution in [3.63, 3.8) is 0 Å². The van der Waals surface area contributed by atoms with Crippen molar-refractivity contribution >= 4 is 28.8 Å². The van der Waals surface area contributed by atoms with Crippen LogP contribution in [0.5, 0.6) is 0 Å². The average molecular weight is 233 g/mol. The van der Waals surface area contributed by atoms with Crippen LogP contribution in [0.1, 0.15) is 26.7 Å². The largest absolute Gasteiger partial charge is 0.480 e. The molecule has 6 heteroatoms. The molecule has 0 aliphatic rings. The molecule has 1 unspecified atom stereocenters. The number of carbonyl (C=O) groups is 3. The molecule has 2 N–H and O–H groups in total. The molecular formula is C9H15NO4S. The predicted octanol–water partition coefficient (Wildman–Crippen LogP) is 0.636. The van der Waals surface area contributed by atoms with Crippen molar-refractivity contribution in [2.75, 3.05) is 5.75 Å². The zero-order valence-electron chi connectivity index (χ0n) is 8.78. The van der Waals surface area contributed by atoms with E-state index in [0.717, 1.165) is 11.8 Å². The summed E-state index contributed by atoms with van der Waals surface area (Å²) in [5.74, 6) is -1.37. The quantitative estimate of drug-likeness (QED) is 0.703. The van der Waals surface area contributed by atoms with Crippen LogP contribution in [0.3, 0.4) is 0 Å². The molecule has 0 rings (SSSR count). The fraction of sp³-hybridized carbons (Fsp3) is 0.667. The lowest BCUT2D eigenvalue weighted by Gasteiger charge is -2.12. The van der Waals surface area contributed by atoms with Gasteiger partial charge in [-0.2, -0.15) is 0 Å². The number of rotatable bonds is 6. The van der Waals surface area contributed by atoms with E-state index in [-0.39, 0.29) is 23.2 Å². The van der Waals surface area contributed by atoms with Crippen LogP contribution in [0.4, 0.5) is 0 Å². The van der Waals surface area contributed by atoms with Gasteiger partial charge in [0.15, 0.2) is 5.12 Å². The van der Waals surface area contributed by atoms with E-state index in [1.165, 1.54) is 0 Å². The smallest absolute Gasteiger partial charge is 0.327 e. The molecule has 0 saturated carbocycles. The summed E-state index contributed by atoms with van der Waals surface area (Å²) >= 11 is 0.931. The van der Waals surface area contributed by atoms with Crippen molar-refractivity contribution in [3.8, 4) is 0 Å². The maximum absolute atomic E-state index is 11.0. The van der Waals surface area contributed by atoms with Crippen molar-refractivity contribution < 1.29 is 19.5 Å². The molecule has 0 aromatic rings. The lowest BCUT2D eigenvalue weighted by molar-refractivity contribution is -0.141. The van der Waals surface area contributed by atoms with Crippen molar-refractivity contribution in [1.82, 2.24) is 5.32 Å². The second-order valence-electron chi connectivity index (χ2n) is 2.85. The molecule has 86 valence electrons. The van der Waals surface area contributed by atoms with Crippen LogP contribution >= 0.6 is 11.8 Å². The summed E-state index contributed by atoms with van der Waals surface area (Å²) in [6.07, 6.45) is 0.592. The van der Waals surface area contributed by atoms with Gasteiger partial charge in [-0.15, -0.1) is 0 Å². The topological polar surface area (TPSA) is 83.5 Å². The third kappa shape index (κ3) is 6.11. The van der Waals surface area contributed by atoms with E-state index in [1.807, 2.05) is 0 Å². The van der Waals surface area contributed by atoms with Crippen molar-refractivity contribution in [1.29, 1.82) is 0 Å². The Morgan fingerprint density at radius 2 is 1.87 bits per heavy atom. The summed E-state index contributed by atoms with van der Waals surface area (Å²) < 4.78 is 0. The third-order valence-corrected chi connectivity index (χ3v) is 2.76. The highest BCUT2D eigenvalue weighted by Crippen LogP contribution is 2.07. The number of carboxylic acids is 1. The van der Waals surface area contributed by atoms with Gasteiger partial charge in [-0.1, -0.05) is 25.6 Å². The number of amides is 1. The summed E-state index contributed by atoms with van der Waals surface area (Å²) in [5, 5.41) is 11.0. The second-order valence-corrected chi connectivity index (χ2v) is 3.93. The monoisotopic (exact) mass is 233 g/mol. The van der Waals surface area contributed by atoms with E-state index in [0.29, 0.717) is 6.42 Å². The number of hydrogen-bond acceptors (Lipinski definition) is 4. The van der Waals surface area contributed by atoms with Crippen molar-refractivity contribution in [2.24, 2.45) is 0 Å². The van der Waals surface area contributed by atoms with Crippen LogP contribution in [0.2, 0.25) is 0 Å². The minimum absolute atomic E-state index is 0.0769. The normalized spacial score (nSPS) is 11.9. The Morgan fingerprint density at radius 3 is 2.27 bits per heavy atom. The molecule has 0 aliphatic carbocycles. The highest BCUT2D eigenvalue weighted by Gasteiger charge is 2.20. The lowest BCUT2D eigenvalue weighted by Crippen LogP contribution is -2.42. The van der Waals surface area contributed by atoms with Crippen LogP contribution in [-0.4, -0.2) is 33.9 Å². The Hall–Kier alpha value is -1.04. The van der Waals surface area contributed by atoms with Gasteiger partial charge >= 0.3 is 5.97 Å². The molecule has 0 saturated heterocycles. The molecule has 15 heavy (non-hydrogen) atoms. The first kappa shape index (κ1) is 14.0. The molecule has 5 nitrogen and oxygen atoms in total. The average Bonchev–Trinajstić information content (AvgIpc) is 2.22. The molecule has 1 atom stereocenters. The van der Waals surface area contributed by atoms with Gasteiger partial charge in [0.1, 0.15) is 6.04 Å². The first-order valence-corrected chi connectivity index (χ1v) is 5.67. The number of thioether (sulfide) groups is 1. The maximum Gasteiger partial charge on any atom is 0.327 e. The second kappa shape index (κ2) is 7.28. The van der Waals surface area contributed by atoms with E-state index in [1.54, 1.807) is 13.8 Å². The SMILES string of the molecule is CCC(=O)NC(CSC(=O)CC)C(=O)O. The minimum atomic E-state index is -1.12. The molecule has 0 fully saturated rings. The molecule has 0 bridgehead atoms. The van der Waals surface area contributed by atoms with Gasteiger partial charge in [0.05, 0.1) is 0 Å². The Morgan fingerprint density at radius 1 is 1.27 bits per heavy atom. The predicted molar refractivity (Wildman–Crippen MR) is 57.6 cm³/mol. The molecule has 0 heterocycles. The van der Waals surface area contributed by atoms with Crippen LogP contribution < -0.4 is 5.32 Å². The summed E-state index contributed by atoms with van der Waals surface area (Å²) in [7, 11) is 0. The minimum Gasteiger partial charge on any atom is -0.480 e. The van der Waals surface area contributed by atoms with Crippen LogP contribution in [0.15, 0.2) is 0 Å². The van der Waals surface area contributed by atoms with Gasteiger partial charge < -0.3 is 10.4 Å². The van der Waals surface area contributed by atoms with Crippen LogP contribution in [0, 0.1) is 0 Å². The Kier molecular flexibility index (Phi) is 6.77. The van der Waals surface area contributed by atoms with Crippen molar-refractivity contribution in [2.45, 2.75) is 32.7 Å². The van der Waals surface area contributed by atoms with Gasteiger partial charge in [0.25, 0.3) is 0 Å². The fourth-order valence-electron chi connectivity index (χ4n) is 0.749.